The molecule has 0 N–H and O–H groups in total. The Hall–Kier alpha value is -2.69. The van der Waals surface area contributed by atoms with Crippen molar-refractivity contribution in [1.29, 1.82) is 0 Å². The smallest absolute Gasteiger partial charge is 0.0544 e. The van der Waals surface area contributed by atoms with Crippen molar-refractivity contribution in [3.8, 4) is 0 Å². The maximum absolute atomic E-state index is 4.57. The first kappa shape index (κ1) is 21.2. The van der Waals surface area contributed by atoms with E-state index in [1.54, 1.807) is 0 Å². The van der Waals surface area contributed by atoms with E-state index in [0.717, 1.165) is 13.1 Å². The van der Waals surface area contributed by atoms with Crippen LogP contribution in [0.2, 0.25) is 0 Å². The van der Waals surface area contributed by atoms with Crippen LogP contribution in [0, 0.1) is 0 Å². The van der Waals surface area contributed by atoms with Gasteiger partial charge in [0.1, 0.15) is 0 Å². The van der Waals surface area contributed by atoms with Crippen LogP contribution in [0.3, 0.4) is 0 Å². The molecule has 2 atom stereocenters. The fraction of sp³-hybridized carbons (Fsp3) is 0.393. The van der Waals surface area contributed by atoms with Crippen LogP contribution < -0.4 is 4.90 Å². The van der Waals surface area contributed by atoms with Crippen LogP contribution in [-0.4, -0.2) is 53.0 Å². The molecule has 0 amide bonds. The molecule has 2 fully saturated rings. The molecule has 2 unspecified atom stereocenters. The van der Waals surface area contributed by atoms with Crippen molar-refractivity contribution in [2.45, 2.75) is 44.3 Å². The highest BCUT2D eigenvalue weighted by molar-refractivity contribution is 5.63. The topological polar surface area (TPSA) is 22.6 Å². The molecular weight excluding hydrogens is 392 g/mol. The highest BCUT2D eigenvalue weighted by Gasteiger charge is 2.32. The van der Waals surface area contributed by atoms with Gasteiger partial charge in [-0.25, -0.2) is 0 Å². The number of nitrogens with zero attached hydrogens (tertiary/aromatic N) is 4. The quantitative estimate of drug-likeness (QED) is 0.484. The second kappa shape index (κ2) is 10.3. The zero-order chi connectivity index (χ0) is 21.6. The van der Waals surface area contributed by atoms with E-state index in [9.17, 15) is 0 Å². The summed E-state index contributed by atoms with van der Waals surface area (Å²) in [6.07, 6.45) is 7.10. The first-order valence-corrected chi connectivity index (χ1v) is 12.1. The third-order valence-corrected chi connectivity index (χ3v) is 7.06. The van der Waals surface area contributed by atoms with Crippen LogP contribution in [-0.2, 0) is 6.54 Å². The average molecular weight is 427 g/mol. The highest BCUT2D eigenvalue weighted by atomic mass is 15.3. The van der Waals surface area contributed by atoms with Crippen LogP contribution >= 0.6 is 0 Å². The van der Waals surface area contributed by atoms with Gasteiger partial charge in [-0.2, -0.15) is 0 Å². The number of para-hydroxylation sites is 2. The number of hydrogen-bond donors (Lipinski definition) is 0. The van der Waals surface area contributed by atoms with E-state index in [0.29, 0.717) is 12.1 Å². The molecule has 0 radical (unpaired) electrons. The summed E-state index contributed by atoms with van der Waals surface area (Å²) in [6, 6.07) is 29.2. The second-order valence-corrected chi connectivity index (χ2v) is 9.16. The van der Waals surface area contributed by atoms with Gasteiger partial charge in [0.25, 0.3) is 0 Å². The molecule has 3 heterocycles. The molecule has 0 spiro atoms. The van der Waals surface area contributed by atoms with E-state index in [-0.39, 0.29) is 0 Å². The first-order valence-electron chi connectivity index (χ1n) is 12.1. The Morgan fingerprint density at radius 2 is 1.34 bits per heavy atom. The number of aromatic nitrogens is 1. The monoisotopic (exact) mass is 426 g/mol. The molecule has 0 saturated carbocycles. The number of hydrogen-bond acceptors (Lipinski definition) is 4. The molecule has 0 bridgehead atoms. The van der Waals surface area contributed by atoms with Crippen molar-refractivity contribution in [3.05, 3.63) is 90.8 Å². The average Bonchev–Trinajstić information content (AvgIpc) is 3.49. The number of rotatable bonds is 8. The summed E-state index contributed by atoms with van der Waals surface area (Å²) in [4.78, 5) is 12.5. The summed E-state index contributed by atoms with van der Waals surface area (Å²) in [5.74, 6) is 0. The van der Waals surface area contributed by atoms with Gasteiger partial charge < -0.3 is 4.90 Å². The third-order valence-electron chi connectivity index (χ3n) is 7.06. The van der Waals surface area contributed by atoms with Gasteiger partial charge in [0.05, 0.1) is 5.69 Å². The molecule has 3 aromatic rings. The zero-order valence-corrected chi connectivity index (χ0v) is 18.9. The Bertz CT molecular complexity index is 907. The van der Waals surface area contributed by atoms with E-state index in [4.69, 9.17) is 0 Å². The maximum Gasteiger partial charge on any atom is 0.0544 e. The molecular formula is C28H34N4. The minimum absolute atomic E-state index is 0.590. The van der Waals surface area contributed by atoms with Gasteiger partial charge in [-0.1, -0.05) is 42.5 Å². The van der Waals surface area contributed by atoms with Crippen LogP contribution in [0.15, 0.2) is 85.1 Å². The fourth-order valence-electron chi connectivity index (χ4n) is 5.41. The molecule has 1 aromatic heterocycles. The fourth-order valence-corrected chi connectivity index (χ4v) is 5.41. The van der Waals surface area contributed by atoms with Gasteiger partial charge >= 0.3 is 0 Å². The van der Waals surface area contributed by atoms with Crippen molar-refractivity contribution < 1.29 is 0 Å². The summed E-state index contributed by atoms with van der Waals surface area (Å²) >= 11 is 0. The van der Waals surface area contributed by atoms with Crippen LogP contribution in [0.25, 0.3) is 0 Å². The summed E-state index contributed by atoms with van der Waals surface area (Å²) in [5, 5.41) is 0. The number of likely N-dealkylation sites (tertiary alicyclic amines) is 2. The Kier molecular flexibility index (Phi) is 6.80. The van der Waals surface area contributed by atoms with E-state index in [1.165, 1.54) is 62.4 Å². The molecule has 0 aliphatic carbocycles. The van der Waals surface area contributed by atoms with Crippen molar-refractivity contribution in [2.24, 2.45) is 0 Å². The van der Waals surface area contributed by atoms with Crippen LogP contribution in [0.1, 0.15) is 31.4 Å². The number of benzene rings is 2. The molecule has 4 nitrogen and oxygen atoms in total. The Morgan fingerprint density at radius 3 is 2.00 bits per heavy atom. The van der Waals surface area contributed by atoms with Crippen molar-refractivity contribution in [2.75, 3.05) is 31.1 Å². The van der Waals surface area contributed by atoms with Crippen molar-refractivity contribution in [3.63, 3.8) is 0 Å². The normalized spacial score (nSPS) is 21.8. The van der Waals surface area contributed by atoms with Gasteiger partial charge in [-0.3, -0.25) is 14.8 Å². The Labute approximate surface area is 192 Å². The molecule has 2 aromatic carbocycles. The minimum atomic E-state index is 0.590. The summed E-state index contributed by atoms with van der Waals surface area (Å²) in [6.45, 7) is 5.61. The molecule has 5 rings (SSSR count). The van der Waals surface area contributed by atoms with Gasteiger partial charge in [-0.05, 0) is 75.2 Å². The predicted octanol–water partition coefficient (Wildman–Crippen LogP) is 5.35. The summed E-state index contributed by atoms with van der Waals surface area (Å²) < 4.78 is 0. The van der Waals surface area contributed by atoms with Crippen LogP contribution in [0.5, 0.6) is 0 Å². The van der Waals surface area contributed by atoms with Crippen LogP contribution in [0.4, 0.5) is 11.4 Å². The molecule has 2 aliphatic heterocycles. The molecule has 166 valence electrons. The third kappa shape index (κ3) is 5.03. The van der Waals surface area contributed by atoms with Gasteiger partial charge in [0, 0.05) is 49.3 Å². The molecule has 4 heteroatoms. The van der Waals surface area contributed by atoms with E-state index < -0.39 is 0 Å². The minimum Gasteiger partial charge on any atom is -0.340 e. The summed E-state index contributed by atoms with van der Waals surface area (Å²) in [7, 11) is 0. The van der Waals surface area contributed by atoms with Gasteiger partial charge in [0.2, 0.25) is 0 Å². The van der Waals surface area contributed by atoms with E-state index >= 15 is 0 Å². The SMILES string of the molecule is c1ccc(N(CC2CCCN2CC2CCCN2Cc2ccccn2)c2ccccc2)cc1. The Morgan fingerprint density at radius 1 is 0.719 bits per heavy atom. The van der Waals surface area contributed by atoms with Gasteiger partial charge in [-0.15, -0.1) is 0 Å². The maximum atomic E-state index is 4.57. The second-order valence-electron chi connectivity index (χ2n) is 9.16. The predicted molar refractivity (Wildman–Crippen MR) is 132 cm³/mol. The standard InChI is InChI=1S/C28H34N4/c1-3-12-25(13-4-1)32(26-14-5-2-6-15-26)23-28-17-10-20-31(28)22-27-16-9-19-30(27)21-24-11-7-8-18-29-24/h1-8,11-15,18,27-28H,9-10,16-17,19-23H2. The lowest BCUT2D eigenvalue weighted by Gasteiger charge is -2.35. The highest BCUT2D eigenvalue weighted by Crippen LogP contribution is 2.30. The summed E-state index contributed by atoms with van der Waals surface area (Å²) in [5.41, 5.74) is 3.75. The van der Waals surface area contributed by atoms with Crippen molar-refractivity contribution >= 4 is 11.4 Å². The number of anilines is 2. The lowest BCUT2D eigenvalue weighted by Crippen LogP contribution is -2.45. The Balaban J connectivity index is 1.28. The van der Waals surface area contributed by atoms with Gasteiger partial charge in [0.15, 0.2) is 0 Å². The number of pyridine rings is 1. The molecule has 2 saturated heterocycles. The largest absolute Gasteiger partial charge is 0.340 e. The zero-order valence-electron chi connectivity index (χ0n) is 18.9. The first-order chi connectivity index (χ1) is 15.9. The van der Waals surface area contributed by atoms with E-state index in [2.05, 4.69) is 92.5 Å². The lowest BCUT2D eigenvalue weighted by atomic mass is 10.1. The lowest BCUT2D eigenvalue weighted by molar-refractivity contribution is 0.158. The van der Waals surface area contributed by atoms with E-state index in [1.807, 2.05) is 12.3 Å². The molecule has 32 heavy (non-hydrogen) atoms. The molecule has 2 aliphatic rings. The van der Waals surface area contributed by atoms with Crippen molar-refractivity contribution in [1.82, 2.24) is 14.8 Å².